The molecule has 2 aromatic carbocycles. The van der Waals surface area contributed by atoms with Gasteiger partial charge in [-0.1, -0.05) is 53.5 Å². The fraction of sp³-hybridized carbons (Fsp3) is 0.0769. The Labute approximate surface area is 110 Å². The highest BCUT2D eigenvalue weighted by atomic mass is 35.5. The molecule has 0 amide bonds. The van der Waals surface area contributed by atoms with E-state index >= 15 is 0 Å². The fourth-order valence-corrected chi connectivity index (χ4v) is 1.83. The van der Waals surface area contributed by atoms with Crippen molar-refractivity contribution in [3.8, 4) is 5.75 Å². The van der Waals surface area contributed by atoms with Crippen molar-refractivity contribution in [1.82, 2.24) is 0 Å². The highest BCUT2D eigenvalue weighted by Gasteiger charge is 2.06. The van der Waals surface area contributed by atoms with Crippen LogP contribution in [0.15, 0.2) is 42.5 Å². The van der Waals surface area contributed by atoms with Gasteiger partial charge in [-0.2, -0.15) is 0 Å². The zero-order chi connectivity index (χ0) is 12.3. The van der Waals surface area contributed by atoms with Crippen LogP contribution >= 0.6 is 23.2 Å². The van der Waals surface area contributed by atoms with E-state index in [1.165, 1.54) is 0 Å². The predicted octanol–water partition coefficient (Wildman–Crippen LogP) is 4.15. The monoisotopic (exact) mass is 267 g/mol. The molecular weight excluding hydrogens is 257 g/mol. The van der Waals surface area contributed by atoms with Crippen molar-refractivity contribution in [2.45, 2.75) is 6.61 Å². The Kier molecular flexibility index (Phi) is 3.77. The molecule has 0 saturated heterocycles. The number of hydrogen-bond acceptors (Lipinski definition) is 2. The third kappa shape index (κ3) is 3.05. The predicted molar refractivity (Wildman–Crippen MR) is 71.6 cm³/mol. The van der Waals surface area contributed by atoms with Gasteiger partial charge < -0.3 is 10.5 Å². The van der Waals surface area contributed by atoms with E-state index in [2.05, 4.69) is 0 Å². The van der Waals surface area contributed by atoms with Crippen molar-refractivity contribution in [3.05, 3.63) is 58.1 Å². The van der Waals surface area contributed by atoms with E-state index in [1.807, 2.05) is 30.3 Å². The Hall–Kier alpha value is -1.38. The molecule has 0 bridgehead atoms. The zero-order valence-corrected chi connectivity index (χ0v) is 10.5. The number of ether oxygens (including phenoxy) is 1. The van der Waals surface area contributed by atoms with Crippen LogP contribution in [0.25, 0.3) is 0 Å². The first-order valence-electron chi connectivity index (χ1n) is 5.08. The van der Waals surface area contributed by atoms with Gasteiger partial charge in [-0.3, -0.25) is 0 Å². The molecule has 2 rings (SSSR count). The van der Waals surface area contributed by atoms with Gasteiger partial charge in [-0.05, 0) is 11.6 Å². The molecule has 0 radical (unpaired) electrons. The van der Waals surface area contributed by atoms with Crippen molar-refractivity contribution < 1.29 is 4.74 Å². The topological polar surface area (TPSA) is 35.2 Å². The molecule has 2 N–H and O–H groups in total. The highest BCUT2D eigenvalue weighted by Crippen LogP contribution is 2.32. The summed E-state index contributed by atoms with van der Waals surface area (Å²) in [5.41, 5.74) is 7.21. The molecular formula is C13H11Cl2NO. The van der Waals surface area contributed by atoms with Crippen LogP contribution in [0.3, 0.4) is 0 Å². The van der Waals surface area contributed by atoms with Crippen LogP contribution in [-0.2, 0) is 6.61 Å². The number of benzene rings is 2. The third-order valence-electron chi connectivity index (χ3n) is 2.29. The molecule has 0 aromatic heterocycles. The van der Waals surface area contributed by atoms with Crippen LogP contribution in [0.5, 0.6) is 5.75 Å². The van der Waals surface area contributed by atoms with Crippen molar-refractivity contribution >= 4 is 28.9 Å². The van der Waals surface area contributed by atoms with Crippen LogP contribution < -0.4 is 10.5 Å². The lowest BCUT2D eigenvalue weighted by Crippen LogP contribution is -1.97. The number of nitrogen functional groups attached to an aromatic ring is 1. The lowest BCUT2D eigenvalue weighted by molar-refractivity contribution is 0.306. The molecule has 88 valence electrons. The molecule has 0 fully saturated rings. The lowest BCUT2D eigenvalue weighted by atomic mass is 10.2. The Balaban J connectivity index is 2.12. The summed E-state index contributed by atoms with van der Waals surface area (Å²) in [4.78, 5) is 0. The van der Waals surface area contributed by atoms with Gasteiger partial charge in [0.1, 0.15) is 12.4 Å². The average Bonchev–Trinajstić information content (AvgIpc) is 2.33. The van der Waals surface area contributed by atoms with Gasteiger partial charge in [-0.25, -0.2) is 0 Å². The Morgan fingerprint density at radius 2 is 1.71 bits per heavy atom. The summed E-state index contributed by atoms with van der Waals surface area (Å²) in [6.07, 6.45) is 0. The van der Waals surface area contributed by atoms with Crippen molar-refractivity contribution in [2.24, 2.45) is 0 Å². The minimum absolute atomic E-state index is 0.432. The van der Waals surface area contributed by atoms with E-state index in [0.717, 1.165) is 5.56 Å². The second kappa shape index (κ2) is 5.30. The van der Waals surface area contributed by atoms with E-state index in [9.17, 15) is 0 Å². The van der Waals surface area contributed by atoms with Crippen molar-refractivity contribution in [1.29, 1.82) is 0 Å². The molecule has 0 heterocycles. The number of halogens is 2. The molecule has 17 heavy (non-hydrogen) atoms. The number of rotatable bonds is 3. The largest absolute Gasteiger partial charge is 0.487 e. The summed E-state index contributed by atoms with van der Waals surface area (Å²) < 4.78 is 5.59. The number of nitrogens with two attached hydrogens (primary N) is 1. The SMILES string of the molecule is Nc1cc(OCc2ccccc2)c(Cl)cc1Cl. The number of anilines is 1. The standard InChI is InChI=1S/C13H11Cl2NO/c14-10-6-11(15)13(7-12(10)16)17-8-9-4-2-1-3-5-9/h1-7H,8,16H2. The fourth-order valence-electron chi connectivity index (χ4n) is 1.39. The molecule has 0 aliphatic rings. The van der Waals surface area contributed by atoms with Crippen LogP contribution in [0.4, 0.5) is 5.69 Å². The highest BCUT2D eigenvalue weighted by molar-refractivity contribution is 6.37. The van der Waals surface area contributed by atoms with Gasteiger partial charge in [0, 0.05) is 6.07 Å². The summed E-state index contributed by atoms with van der Waals surface area (Å²) in [6, 6.07) is 13.0. The summed E-state index contributed by atoms with van der Waals surface area (Å²) in [7, 11) is 0. The van der Waals surface area contributed by atoms with Gasteiger partial charge in [-0.15, -0.1) is 0 Å². The maximum atomic E-state index is 6.00. The first-order chi connectivity index (χ1) is 8.16. The lowest BCUT2D eigenvalue weighted by Gasteiger charge is -2.09. The van der Waals surface area contributed by atoms with E-state index in [0.29, 0.717) is 28.1 Å². The molecule has 0 atom stereocenters. The smallest absolute Gasteiger partial charge is 0.140 e. The van der Waals surface area contributed by atoms with Crippen molar-refractivity contribution in [3.63, 3.8) is 0 Å². The summed E-state index contributed by atoms with van der Waals surface area (Å²) in [5.74, 6) is 0.539. The van der Waals surface area contributed by atoms with Gasteiger partial charge >= 0.3 is 0 Å². The van der Waals surface area contributed by atoms with Crippen LogP contribution in [-0.4, -0.2) is 0 Å². The molecule has 0 aliphatic heterocycles. The zero-order valence-electron chi connectivity index (χ0n) is 8.99. The molecule has 0 saturated carbocycles. The maximum absolute atomic E-state index is 6.00. The van der Waals surface area contributed by atoms with Crippen molar-refractivity contribution in [2.75, 3.05) is 5.73 Å². The third-order valence-corrected chi connectivity index (χ3v) is 2.91. The van der Waals surface area contributed by atoms with Gasteiger partial charge in [0.05, 0.1) is 15.7 Å². The van der Waals surface area contributed by atoms with E-state index in [4.69, 9.17) is 33.7 Å². The van der Waals surface area contributed by atoms with Gasteiger partial charge in [0.15, 0.2) is 0 Å². The number of hydrogen-bond donors (Lipinski definition) is 1. The Morgan fingerprint density at radius 3 is 2.41 bits per heavy atom. The summed E-state index contributed by atoms with van der Waals surface area (Å²) >= 11 is 11.8. The minimum atomic E-state index is 0.432. The first kappa shape index (κ1) is 12.1. The van der Waals surface area contributed by atoms with Crippen LogP contribution in [0, 0.1) is 0 Å². The Bertz CT molecular complexity index is 514. The normalized spacial score (nSPS) is 10.2. The molecule has 2 aromatic rings. The van der Waals surface area contributed by atoms with Gasteiger partial charge in [0.2, 0.25) is 0 Å². The minimum Gasteiger partial charge on any atom is -0.487 e. The second-order valence-corrected chi connectivity index (χ2v) is 4.39. The van der Waals surface area contributed by atoms with E-state index in [-0.39, 0.29) is 0 Å². The van der Waals surface area contributed by atoms with E-state index < -0.39 is 0 Å². The second-order valence-electron chi connectivity index (χ2n) is 3.58. The molecule has 0 unspecified atom stereocenters. The van der Waals surface area contributed by atoms with E-state index in [1.54, 1.807) is 12.1 Å². The molecule has 2 nitrogen and oxygen atoms in total. The van der Waals surface area contributed by atoms with Crippen LogP contribution in [0.1, 0.15) is 5.56 Å². The molecule has 0 aliphatic carbocycles. The average molecular weight is 268 g/mol. The summed E-state index contributed by atoms with van der Waals surface area (Å²) in [6.45, 7) is 0.446. The van der Waals surface area contributed by atoms with Crippen LogP contribution in [0.2, 0.25) is 10.0 Å². The summed E-state index contributed by atoms with van der Waals surface area (Å²) in [5, 5.41) is 0.891. The Morgan fingerprint density at radius 1 is 1.00 bits per heavy atom. The quantitative estimate of drug-likeness (QED) is 0.848. The molecule has 0 spiro atoms. The maximum Gasteiger partial charge on any atom is 0.140 e. The van der Waals surface area contributed by atoms with Gasteiger partial charge in [0.25, 0.3) is 0 Å². The first-order valence-corrected chi connectivity index (χ1v) is 5.83. The molecule has 4 heteroatoms.